The highest BCUT2D eigenvalue weighted by Crippen LogP contribution is 2.27. The zero-order chi connectivity index (χ0) is 27.1. The van der Waals surface area contributed by atoms with Gasteiger partial charge in [-0.25, -0.2) is 5.43 Å². The van der Waals surface area contributed by atoms with Gasteiger partial charge in [-0.1, -0.05) is 23.7 Å². The Kier molecular flexibility index (Phi) is 8.84. The third-order valence-electron chi connectivity index (χ3n) is 6.40. The Morgan fingerprint density at radius 3 is 2.68 bits per heavy atom. The summed E-state index contributed by atoms with van der Waals surface area (Å²) in [6, 6.07) is 14.1. The standard InChI is InChI=1S/C27H30ClN5O5/c1-27(36,17-38-23-5-3-2-4-19(23)15-29)30-20-10-12-33(13-11-20)26(35)16-37-24-8-6-18(14-21(24)28)22-7-9-25(34)32-31-22/h2-6,8,14,20,30,36H,7,9-13,16-17H2,1H3,(H,32,34)/t27-/m0/s1. The van der Waals surface area contributed by atoms with Crippen molar-refractivity contribution in [3.63, 3.8) is 0 Å². The van der Waals surface area contributed by atoms with Gasteiger partial charge in [-0.15, -0.1) is 0 Å². The Hall–Kier alpha value is -3.65. The minimum Gasteiger partial charge on any atom is -0.488 e. The molecule has 0 unspecified atom stereocenters. The molecule has 11 heteroatoms. The number of hydrogen-bond donors (Lipinski definition) is 3. The zero-order valence-electron chi connectivity index (χ0n) is 21.1. The van der Waals surface area contributed by atoms with Gasteiger partial charge in [-0.05, 0) is 55.7 Å². The van der Waals surface area contributed by atoms with Gasteiger partial charge in [0.15, 0.2) is 6.61 Å². The second-order valence-electron chi connectivity index (χ2n) is 9.50. The van der Waals surface area contributed by atoms with Crippen LogP contribution in [-0.2, 0) is 9.59 Å². The highest BCUT2D eigenvalue weighted by molar-refractivity contribution is 6.32. The van der Waals surface area contributed by atoms with E-state index in [1.54, 1.807) is 54.3 Å². The topological polar surface area (TPSA) is 136 Å². The van der Waals surface area contributed by atoms with Gasteiger partial charge < -0.3 is 19.5 Å². The maximum Gasteiger partial charge on any atom is 0.260 e. The molecule has 2 heterocycles. The van der Waals surface area contributed by atoms with Crippen molar-refractivity contribution in [1.29, 1.82) is 5.26 Å². The Morgan fingerprint density at radius 2 is 2.00 bits per heavy atom. The summed E-state index contributed by atoms with van der Waals surface area (Å²) < 4.78 is 11.4. The number of carbonyl (C=O) groups is 2. The fraction of sp³-hybridized carbons (Fsp3) is 0.407. The summed E-state index contributed by atoms with van der Waals surface area (Å²) >= 11 is 6.36. The summed E-state index contributed by atoms with van der Waals surface area (Å²) in [7, 11) is 0. The molecular weight excluding hydrogens is 510 g/mol. The van der Waals surface area contributed by atoms with E-state index >= 15 is 0 Å². The summed E-state index contributed by atoms with van der Waals surface area (Å²) in [6.07, 6.45) is 2.22. The van der Waals surface area contributed by atoms with Crippen molar-refractivity contribution >= 4 is 29.1 Å². The average Bonchev–Trinajstić information content (AvgIpc) is 2.92. The monoisotopic (exact) mass is 539 g/mol. The number of halogens is 1. The van der Waals surface area contributed by atoms with Crippen molar-refractivity contribution < 1.29 is 24.2 Å². The summed E-state index contributed by atoms with van der Waals surface area (Å²) in [5, 5.41) is 27.6. The van der Waals surface area contributed by atoms with Gasteiger partial charge in [0, 0.05) is 32.0 Å². The quantitative estimate of drug-likeness (QED) is 0.417. The number of ether oxygens (including phenoxy) is 2. The molecule has 2 aliphatic heterocycles. The van der Waals surface area contributed by atoms with Crippen LogP contribution in [0.4, 0.5) is 0 Å². The van der Waals surface area contributed by atoms with E-state index in [2.05, 4.69) is 21.9 Å². The van der Waals surface area contributed by atoms with Crippen molar-refractivity contribution in [3.8, 4) is 17.6 Å². The summed E-state index contributed by atoms with van der Waals surface area (Å²) in [5.74, 6) is 0.556. The molecule has 0 aromatic heterocycles. The molecule has 2 aromatic carbocycles. The maximum absolute atomic E-state index is 12.7. The zero-order valence-corrected chi connectivity index (χ0v) is 21.8. The summed E-state index contributed by atoms with van der Waals surface area (Å²) in [5.41, 5.74) is 3.09. The predicted octanol–water partition coefficient (Wildman–Crippen LogP) is 2.57. The first-order chi connectivity index (χ1) is 18.2. The minimum absolute atomic E-state index is 0.000692. The minimum atomic E-state index is -1.31. The van der Waals surface area contributed by atoms with E-state index < -0.39 is 5.72 Å². The number of piperidine rings is 1. The number of rotatable bonds is 9. The molecule has 1 fully saturated rings. The molecular formula is C27H30ClN5O5. The number of carbonyl (C=O) groups excluding carboxylic acids is 2. The number of para-hydroxylation sites is 1. The summed E-state index contributed by atoms with van der Waals surface area (Å²) in [4.78, 5) is 25.7. The molecule has 38 heavy (non-hydrogen) atoms. The van der Waals surface area contributed by atoms with Gasteiger partial charge in [-0.3, -0.25) is 14.9 Å². The van der Waals surface area contributed by atoms with Gasteiger partial charge in [0.25, 0.3) is 5.91 Å². The third kappa shape index (κ3) is 7.22. The van der Waals surface area contributed by atoms with Gasteiger partial charge in [-0.2, -0.15) is 10.4 Å². The van der Waals surface area contributed by atoms with Crippen LogP contribution in [0.25, 0.3) is 0 Å². The molecule has 0 aliphatic carbocycles. The lowest BCUT2D eigenvalue weighted by molar-refractivity contribution is -0.134. The van der Waals surface area contributed by atoms with Crippen molar-refractivity contribution in [2.75, 3.05) is 26.3 Å². The number of nitrogens with zero attached hydrogens (tertiary/aromatic N) is 3. The molecule has 3 N–H and O–H groups in total. The van der Waals surface area contributed by atoms with Gasteiger partial charge in [0.2, 0.25) is 5.91 Å². The Morgan fingerprint density at radius 1 is 1.24 bits per heavy atom. The number of benzene rings is 2. The molecule has 0 spiro atoms. The fourth-order valence-corrected chi connectivity index (χ4v) is 4.60. The number of aliphatic hydroxyl groups is 1. The van der Waals surface area contributed by atoms with Crippen molar-refractivity contribution in [2.45, 2.75) is 44.4 Å². The largest absolute Gasteiger partial charge is 0.488 e. The van der Waals surface area contributed by atoms with Gasteiger partial charge in [0.1, 0.15) is 29.9 Å². The highest BCUT2D eigenvalue weighted by atomic mass is 35.5. The van der Waals surface area contributed by atoms with Crippen LogP contribution in [0.15, 0.2) is 47.6 Å². The number of amides is 2. The first kappa shape index (κ1) is 27.4. The van der Waals surface area contributed by atoms with E-state index in [1.165, 1.54) is 0 Å². The van der Waals surface area contributed by atoms with E-state index in [4.69, 9.17) is 21.1 Å². The smallest absolute Gasteiger partial charge is 0.260 e. The molecule has 0 bridgehead atoms. The van der Waals surface area contributed by atoms with Crippen LogP contribution in [0.2, 0.25) is 5.02 Å². The van der Waals surface area contributed by atoms with E-state index in [-0.39, 0.29) is 31.1 Å². The number of hydrogen-bond acceptors (Lipinski definition) is 8. The van der Waals surface area contributed by atoms with Crippen molar-refractivity contribution in [3.05, 3.63) is 58.6 Å². The normalized spacial score (nSPS) is 17.6. The first-order valence-corrected chi connectivity index (χ1v) is 12.8. The molecule has 2 aromatic rings. The molecule has 4 rings (SSSR count). The van der Waals surface area contributed by atoms with E-state index in [0.717, 1.165) is 11.3 Å². The van der Waals surface area contributed by atoms with Gasteiger partial charge in [0.05, 0.1) is 16.3 Å². The van der Waals surface area contributed by atoms with Crippen LogP contribution in [0.1, 0.15) is 43.7 Å². The Balaban J connectivity index is 1.21. The Bertz CT molecular complexity index is 1250. The highest BCUT2D eigenvalue weighted by Gasteiger charge is 2.30. The number of hydrazone groups is 1. The van der Waals surface area contributed by atoms with Gasteiger partial charge >= 0.3 is 0 Å². The fourth-order valence-electron chi connectivity index (χ4n) is 4.37. The Labute approximate surface area is 226 Å². The van der Waals surface area contributed by atoms with Crippen molar-refractivity contribution in [1.82, 2.24) is 15.6 Å². The van der Waals surface area contributed by atoms with Crippen molar-refractivity contribution in [2.24, 2.45) is 5.10 Å². The maximum atomic E-state index is 12.7. The molecule has 2 amide bonds. The molecule has 10 nitrogen and oxygen atoms in total. The lowest BCUT2D eigenvalue weighted by Crippen LogP contribution is -2.55. The first-order valence-electron chi connectivity index (χ1n) is 12.4. The summed E-state index contributed by atoms with van der Waals surface area (Å²) in [6.45, 7) is 2.50. The van der Waals surface area contributed by atoms with Crippen LogP contribution in [0, 0.1) is 11.3 Å². The number of nitriles is 1. The van der Waals surface area contributed by atoms with Crippen LogP contribution >= 0.6 is 11.6 Å². The lowest BCUT2D eigenvalue weighted by atomic mass is 10.0. The second kappa shape index (κ2) is 12.3. The predicted molar refractivity (Wildman–Crippen MR) is 141 cm³/mol. The molecule has 2 aliphatic rings. The van der Waals surface area contributed by atoms with Crippen LogP contribution in [-0.4, -0.2) is 65.6 Å². The van der Waals surface area contributed by atoms with E-state index in [9.17, 15) is 20.0 Å². The number of likely N-dealkylation sites (tertiary alicyclic amines) is 1. The number of nitrogens with one attached hydrogen (secondary N) is 2. The average molecular weight is 540 g/mol. The lowest BCUT2D eigenvalue weighted by Gasteiger charge is -2.36. The SMILES string of the molecule is C[C@](O)(COc1ccccc1C#N)NC1CCN(C(=O)COc2ccc(C3=NNC(=O)CC3)cc2Cl)CC1. The molecule has 1 atom stereocenters. The second-order valence-corrected chi connectivity index (χ2v) is 9.90. The van der Waals surface area contributed by atoms with Crippen LogP contribution in [0.3, 0.4) is 0 Å². The van der Waals surface area contributed by atoms with E-state index in [1.807, 2.05) is 0 Å². The van der Waals surface area contributed by atoms with Crippen LogP contribution in [0.5, 0.6) is 11.5 Å². The molecule has 1 saturated heterocycles. The molecule has 0 saturated carbocycles. The molecule has 200 valence electrons. The van der Waals surface area contributed by atoms with E-state index in [0.29, 0.717) is 60.9 Å². The van der Waals surface area contributed by atoms with Crippen LogP contribution < -0.4 is 20.2 Å². The molecule has 0 radical (unpaired) electrons. The third-order valence-corrected chi connectivity index (χ3v) is 6.70.